The standard InChI is InChI=1S/C23H16F6N2O2S/c24-22(25,26)16-8-14(9-17(11-16)23(27,28)29)20(32)30-18-4-3-13-5-6-31(12-15(13)10-18)21(33)19-2-1-7-34-19/h1-4,7-11H,5-6,12H2,(H,30,32). The fourth-order valence-corrected chi connectivity index (χ4v) is 4.34. The maximum absolute atomic E-state index is 13.1. The van der Waals surface area contributed by atoms with Crippen molar-refractivity contribution in [3.63, 3.8) is 0 Å². The number of hydrogen-bond donors (Lipinski definition) is 1. The molecule has 1 N–H and O–H groups in total. The molecule has 0 fully saturated rings. The summed E-state index contributed by atoms with van der Waals surface area (Å²) in [6, 6.07) is 9.00. The van der Waals surface area contributed by atoms with Crippen LogP contribution in [-0.4, -0.2) is 23.3 Å². The number of carbonyl (C=O) groups is 2. The van der Waals surface area contributed by atoms with Gasteiger partial charge < -0.3 is 10.2 Å². The number of nitrogens with zero attached hydrogens (tertiary/aromatic N) is 1. The first-order valence-corrected chi connectivity index (χ1v) is 10.9. The monoisotopic (exact) mass is 498 g/mol. The van der Waals surface area contributed by atoms with Gasteiger partial charge in [0.15, 0.2) is 0 Å². The number of thiophene rings is 1. The Balaban J connectivity index is 1.57. The highest BCUT2D eigenvalue weighted by atomic mass is 32.1. The lowest BCUT2D eigenvalue weighted by Gasteiger charge is -2.29. The van der Waals surface area contributed by atoms with Crippen molar-refractivity contribution in [2.45, 2.75) is 25.3 Å². The summed E-state index contributed by atoms with van der Waals surface area (Å²) < 4.78 is 78.5. The molecule has 0 aliphatic carbocycles. The van der Waals surface area contributed by atoms with Gasteiger partial charge in [-0.2, -0.15) is 26.3 Å². The van der Waals surface area contributed by atoms with E-state index in [2.05, 4.69) is 5.32 Å². The Labute approximate surface area is 193 Å². The molecule has 0 atom stereocenters. The molecular formula is C23H16F6N2O2S. The smallest absolute Gasteiger partial charge is 0.333 e. The number of halogens is 6. The molecule has 178 valence electrons. The normalized spacial score (nSPS) is 14.0. The summed E-state index contributed by atoms with van der Waals surface area (Å²) in [6.45, 7) is 0.761. The van der Waals surface area contributed by atoms with Crippen LogP contribution in [0.3, 0.4) is 0 Å². The summed E-state index contributed by atoms with van der Waals surface area (Å²) >= 11 is 1.31. The van der Waals surface area contributed by atoms with Crippen molar-refractivity contribution in [3.8, 4) is 0 Å². The minimum Gasteiger partial charge on any atom is -0.333 e. The highest BCUT2D eigenvalue weighted by Gasteiger charge is 2.37. The van der Waals surface area contributed by atoms with E-state index in [1.54, 1.807) is 34.5 Å². The van der Waals surface area contributed by atoms with Gasteiger partial charge in [-0.3, -0.25) is 9.59 Å². The molecule has 11 heteroatoms. The lowest BCUT2D eigenvalue weighted by Crippen LogP contribution is -2.35. The molecule has 1 aliphatic rings. The molecule has 0 saturated heterocycles. The molecule has 0 bridgehead atoms. The van der Waals surface area contributed by atoms with Crippen LogP contribution in [0.1, 0.15) is 42.3 Å². The van der Waals surface area contributed by atoms with E-state index in [4.69, 9.17) is 0 Å². The first-order valence-electron chi connectivity index (χ1n) is 9.97. The molecule has 34 heavy (non-hydrogen) atoms. The maximum Gasteiger partial charge on any atom is 0.416 e. The second kappa shape index (κ2) is 8.79. The van der Waals surface area contributed by atoms with Crippen LogP contribution in [0.25, 0.3) is 0 Å². The van der Waals surface area contributed by atoms with E-state index in [-0.39, 0.29) is 24.2 Å². The van der Waals surface area contributed by atoms with Crippen LogP contribution in [0.5, 0.6) is 0 Å². The van der Waals surface area contributed by atoms with Gasteiger partial charge in [-0.05, 0) is 59.3 Å². The lowest BCUT2D eigenvalue weighted by molar-refractivity contribution is -0.143. The highest BCUT2D eigenvalue weighted by Crippen LogP contribution is 2.36. The minimum absolute atomic E-state index is 0.0329. The molecule has 0 spiro atoms. The quantitative estimate of drug-likeness (QED) is 0.435. The van der Waals surface area contributed by atoms with Gasteiger partial charge in [-0.15, -0.1) is 11.3 Å². The largest absolute Gasteiger partial charge is 0.416 e. The van der Waals surface area contributed by atoms with Crippen LogP contribution in [0, 0.1) is 0 Å². The Bertz CT molecular complexity index is 1200. The van der Waals surface area contributed by atoms with Gasteiger partial charge in [0, 0.05) is 24.3 Å². The van der Waals surface area contributed by atoms with Gasteiger partial charge in [0.05, 0.1) is 16.0 Å². The topological polar surface area (TPSA) is 49.4 Å². The predicted octanol–water partition coefficient (Wildman–Crippen LogP) is 6.24. The number of benzene rings is 2. The molecule has 2 amide bonds. The SMILES string of the molecule is O=C(Nc1ccc2c(c1)CN(C(=O)c1cccs1)CC2)c1cc(C(F)(F)F)cc(C(F)(F)F)c1. The molecule has 0 unspecified atom stereocenters. The minimum atomic E-state index is -5.05. The number of alkyl halides is 6. The molecule has 4 rings (SSSR count). The summed E-state index contributed by atoms with van der Waals surface area (Å²) in [6.07, 6.45) is -9.54. The van der Waals surface area contributed by atoms with Crippen molar-refractivity contribution in [2.24, 2.45) is 0 Å². The van der Waals surface area contributed by atoms with Gasteiger partial charge in [0.1, 0.15) is 0 Å². The average molecular weight is 498 g/mol. The van der Waals surface area contributed by atoms with Gasteiger partial charge in [-0.25, -0.2) is 0 Å². The van der Waals surface area contributed by atoms with Crippen LogP contribution < -0.4 is 5.32 Å². The maximum atomic E-state index is 13.1. The van der Waals surface area contributed by atoms with Gasteiger partial charge in [0.25, 0.3) is 11.8 Å². The molecule has 1 aromatic heterocycles. The number of hydrogen-bond acceptors (Lipinski definition) is 3. The molecule has 0 radical (unpaired) electrons. The van der Waals surface area contributed by atoms with E-state index in [9.17, 15) is 35.9 Å². The van der Waals surface area contributed by atoms with E-state index in [0.29, 0.717) is 30.0 Å². The Morgan fingerprint density at radius 2 is 1.56 bits per heavy atom. The van der Waals surface area contributed by atoms with Crippen molar-refractivity contribution in [3.05, 3.63) is 86.6 Å². The van der Waals surface area contributed by atoms with E-state index in [1.165, 1.54) is 17.4 Å². The third-order valence-corrected chi connectivity index (χ3v) is 6.20. The fourth-order valence-electron chi connectivity index (χ4n) is 3.65. The molecule has 2 heterocycles. The highest BCUT2D eigenvalue weighted by molar-refractivity contribution is 7.12. The second-order valence-corrected chi connectivity index (χ2v) is 8.63. The molecule has 4 nitrogen and oxygen atoms in total. The zero-order chi connectivity index (χ0) is 24.7. The number of anilines is 1. The van der Waals surface area contributed by atoms with E-state index >= 15 is 0 Å². The first kappa shape index (κ1) is 23.8. The number of carbonyl (C=O) groups excluding carboxylic acids is 2. The van der Waals surface area contributed by atoms with Gasteiger partial charge in [0.2, 0.25) is 0 Å². The molecule has 2 aromatic carbocycles. The van der Waals surface area contributed by atoms with Crippen molar-refractivity contribution in [2.75, 3.05) is 11.9 Å². The summed E-state index contributed by atoms with van der Waals surface area (Å²) in [7, 11) is 0. The molecular weight excluding hydrogens is 482 g/mol. The molecule has 3 aromatic rings. The fraction of sp³-hybridized carbons (Fsp3) is 0.217. The number of rotatable bonds is 3. The Hall–Kier alpha value is -3.34. The van der Waals surface area contributed by atoms with Crippen LogP contribution in [-0.2, 0) is 25.3 Å². The van der Waals surface area contributed by atoms with Crippen molar-refractivity contribution in [1.29, 1.82) is 0 Å². The summed E-state index contributed by atoms with van der Waals surface area (Å²) in [5.41, 5.74) is -2.04. The lowest BCUT2D eigenvalue weighted by atomic mass is 9.98. The Morgan fingerprint density at radius 3 is 2.15 bits per heavy atom. The summed E-state index contributed by atoms with van der Waals surface area (Å²) in [5.74, 6) is -1.25. The van der Waals surface area contributed by atoms with Crippen LogP contribution >= 0.6 is 11.3 Å². The average Bonchev–Trinajstić information content (AvgIpc) is 3.31. The number of nitrogens with one attached hydrogen (secondary N) is 1. The Kier molecular flexibility index (Phi) is 6.15. The van der Waals surface area contributed by atoms with Crippen LogP contribution in [0.4, 0.5) is 32.0 Å². The summed E-state index contributed by atoms with van der Waals surface area (Å²) in [5, 5.41) is 4.15. The van der Waals surface area contributed by atoms with Crippen LogP contribution in [0.2, 0.25) is 0 Å². The third kappa shape index (κ3) is 5.09. The van der Waals surface area contributed by atoms with Crippen molar-refractivity contribution >= 4 is 28.8 Å². The molecule has 0 saturated carbocycles. The Morgan fingerprint density at radius 1 is 0.882 bits per heavy atom. The second-order valence-electron chi connectivity index (χ2n) is 7.69. The predicted molar refractivity (Wildman–Crippen MR) is 114 cm³/mol. The van der Waals surface area contributed by atoms with Crippen LogP contribution in [0.15, 0.2) is 53.9 Å². The molecule has 1 aliphatic heterocycles. The van der Waals surface area contributed by atoms with E-state index in [1.807, 2.05) is 0 Å². The van der Waals surface area contributed by atoms with E-state index in [0.717, 1.165) is 11.1 Å². The van der Waals surface area contributed by atoms with Crippen molar-refractivity contribution < 1.29 is 35.9 Å². The summed E-state index contributed by atoms with van der Waals surface area (Å²) in [4.78, 5) is 27.4. The zero-order valence-electron chi connectivity index (χ0n) is 17.3. The number of fused-ring (bicyclic) bond motifs is 1. The van der Waals surface area contributed by atoms with Crippen molar-refractivity contribution in [1.82, 2.24) is 4.90 Å². The number of amides is 2. The third-order valence-electron chi connectivity index (χ3n) is 5.35. The van der Waals surface area contributed by atoms with Gasteiger partial charge >= 0.3 is 12.4 Å². The zero-order valence-corrected chi connectivity index (χ0v) is 18.1. The van der Waals surface area contributed by atoms with E-state index < -0.39 is 35.0 Å². The first-order chi connectivity index (χ1) is 15.9. The van der Waals surface area contributed by atoms with Gasteiger partial charge in [-0.1, -0.05) is 12.1 Å².